The van der Waals surface area contributed by atoms with Crippen LogP contribution in [-0.2, 0) is 0 Å². The molecule has 0 saturated carbocycles. The Morgan fingerprint density at radius 3 is 2.09 bits per heavy atom. The first-order chi connectivity index (χ1) is 10.9. The summed E-state index contributed by atoms with van der Waals surface area (Å²) >= 11 is 3.18. The number of benzene rings is 2. The van der Waals surface area contributed by atoms with Crippen LogP contribution in [0.2, 0.25) is 0 Å². The molecule has 0 aliphatic heterocycles. The monoisotopic (exact) mass is 377 g/mol. The van der Waals surface area contributed by atoms with Gasteiger partial charge in [0.15, 0.2) is 5.78 Å². The third-order valence-electron chi connectivity index (χ3n) is 2.96. The molecule has 0 aliphatic carbocycles. The van der Waals surface area contributed by atoms with E-state index in [1.54, 1.807) is 18.2 Å². The van der Waals surface area contributed by atoms with Gasteiger partial charge in [-0.25, -0.2) is 4.39 Å². The summed E-state index contributed by atoms with van der Waals surface area (Å²) in [5, 5.41) is 7.62. The van der Waals surface area contributed by atoms with Gasteiger partial charge < -0.3 is 4.74 Å². The highest BCUT2D eigenvalue weighted by molar-refractivity contribution is 9.09. The minimum atomic E-state index is -0.303. The van der Waals surface area contributed by atoms with Crippen LogP contribution < -0.4 is 4.74 Å². The number of nitrogens with zero attached hydrogens (tertiary/aromatic N) is 1. The van der Waals surface area contributed by atoms with E-state index in [4.69, 9.17) is 10.00 Å². The average molecular weight is 378 g/mol. The van der Waals surface area contributed by atoms with Gasteiger partial charge >= 0.3 is 0 Å². The minimum Gasteiger partial charge on any atom is -0.457 e. The number of carbonyl (C=O) groups is 1. The van der Waals surface area contributed by atoms with Crippen LogP contribution in [0.1, 0.15) is 28.4 Å². The molecule has 0 spiro atoms. The number of nitriles is 1. The maximum Gasteiger partial charge on any atom is 0.173 e. The highest BCUT2D eigenvalue weighted by atomic mass is 79.9. The summed E-state index contributed by atoms with van der Waals surface area (Å²) in [5.74, 6) is 0.943. The number of halogens is 2. The predicted molar refractivity (Wildman–Crippen MR) is 91.8 cm³/mol. The van der Waals surface area contributed by atoms with E-state index < -0.39 is 0 Å². The minimum absolute atomic E-state index is 0.0494. The molecule has 0 aliphatic rings. The van der Waals surface area contributed by atoms with E-state index in [-0.39, 0.29) is 11.6 Å². The Balaban J connectivity index is 0.000000816. The van der Waals surface area contributed by atoms with Crippen LogP contribution >= 0.6 is 15.9 Å². The fourth-order valence-corrected chi connectivity index (χ4v) is 2.41. The van der Waals surface area contributed by atoms with E-state index in [0.717, 1.165) is 11.1 Å². The number of rotatable bonds is 4. The number of alkyl halides is 1. The Morgan fingerprint density at radius 1 is 1.17 bits per heavy atom. The van der Waals surface area contributed by atoms with Gasteiger partial charge in [0.1, 0.15) is 17.3 Å². The van der Waals surface area contributed by atoms with Crippen LogP contribution in [0.3, 0.4) is 0 Å². The first-order valence-corrected chi connectivity index (χ1v) is 7.99. The number of carbonyl (C=O) groups excluding carboxylic acids is 1. The van der Waals surface area contributed by atoms with E-state index >= 15 is 0 Å². The molecule has 0 aromatic heterocycles. The van der Waals surface area contributed by atoms with Crippen molar-refractivity contribution in [3.8, 4) is 17.6 Å². The maximum absolute atomic E-state index is 12.8. The smallest absolute Gasteiger partial charge is 0.173 e. The molecule has 0 amide bonds. The number of ether oxygens (including phenoxy) is 1. The molecule has 0 heterocycles. The summed E-state index contributed by atoms with van der Waals surface area (Å²) in [7, 11) is 0. The summed E-state index contributed by atoms with van der Waals surface area (Å²) < 4.78 is 18.5. The third kappa shape index (κ3) is 5.50. The summed E-state index contributed by atoms with van der Waals surface area (Å²) in [5.41, 5.74) is 2.45. The molecule has 2 rings (SSSR count). The second kappa shape index (κ2) is 9.06. The number of aryl methyl sites for hydroxylation is 2. The molecule has 0 bridgehead atoms. The topological polar surface area (TPSA) is 50.1 Å². The number of ketones is 1. The third-order valence-corrected chi connectivity index (χ3v) is 3.47. The first-order valence-electron chi connectivity index (χ1n) is 6.87. The predicted octanol–water partition coefficient (Wildman–Crippen LogP) is 5.34. The Hall–Kier alpha value is -2.19. The molecular weight excluding hydrogens is 361 g/mol. The second-order valence-corrected chi connectivity index (χ2v) is 5.33. The molecule has 2 aromatic rings. The molecule has 0 unspecified atom stereocenters. The molecule has 2 aromatic carbocycles. The Morgan fingerprint density at radius 2 is 1.65 bits per heavy atom. The lowest BCUT2D eigenvalue weighted by Crippen LogP contribution is -2.05. The molecule has 3 nitrogen and oxygen atoms in total. The average Bonchev–Trinajstić information content (AvgIpc) is 2.49. The Kier molecular flexibility index (Phi) is 7.43. The van der Waals surface area contributed by atoms with E-state index in [1.165, 1.54) is 19.1 Å². The van der Waals surface area contributed by atoms with Crippen molar-refractivity contribution in [1.82, 2.24) is 0 Å². The quantitative estimate of drug-likeness (QED) is 0.533. The summed E-state index contributed by atoms with van der Waals surface area (Å²) in [4.78, 5) is 11.8. The number of Topliss-reactive ketones (excluding diaryl/α,β-unsaturated/α-hetero) is 1. The van der Waals surface area contributed by atoms with E-state index in [0.29, 0.717) is 22.4 Å². The van der Waals surface area contributed by atoms with Crippen LogP contribution in [0.5, 0.6) is 11.5 Å². The zero-order chi connectivity index (χ0) is 17.4. The van der Waals surface area contributed by atoms with Gasteiger partial charge in [0.25, 0.3) is 0 Å². The highest BCUT2D eigenvalue weighted by Gasteiger charge is 2.13. The normalized spacial score (nSPS) is 9.39. The molecule has 23 heavy (non-hydrogen) atoms. The van der Waals surface area contributed by atoms with Gasteiger partial charge in [0.05, 0.1) is 11.4 Å². The maximum atomic E-state index is 12.8. The first kappa shape index (κ1) is 18.9. The lowest BCUT2D eigenvalue weighted by atomic mass is 9.99. The van der Waals surface area contributed by atoms with Crippen molar-refractivity contribution >= 4 is 21.7 Å². The summed E-state index contributed by atoms with van der Waals surface area (Å²) in [6.07, 6.45) is 0. The highest BCUT2D eigenvalue weighted by Crippen LogP contribution is 2.27. The number of hydrogen-bond acceptors (Lipinski definition) is 3. The van der Waals surface area contributed by atoms with Crippen molar-refractivity contribution in [2.24, 2.45) is 0 Å². The van der Waals surface area contributed by atoms with E-state index in [2.05, 4.69) is 15.9 Å². The molecule has 120 valence electrons. The van der Waals surface area contributed by atoms with Gasteiger partial charge in [-0.1, -0.05) is 15.9 Å². The van der Waals surface area contributed by atoms with Crippen molar-refractivity contribution in [3.05, 3.63) is 58.9 Å². The zero-order valence-corrected chi connectivity index (χ0v) is 14.8. The lowest BCUT2D eigenvalue weighted by molar-refractivity contribution is 0.102. The molecule has 0 N–H and O–H groups in total. The Bertz CT molecular complexity index is 698. The van der Waals surface area contributed by atoms with Crippen molar-refractivity contribution < 1.29 is 13.9 Å². The van der Waals surface area contributed by atoms with Gasteiger partial charge in [0, 0.05) is 12.5 Å². The van der Waals surface area contributed by atoms with Gasteiger partial charge in [-0.15, -0.1) is 0 Å². The summed E-state index contributed by atoms with van der Waals surface area (Å²) in [6.45, 7) is 5.18. The zero-order valence-electron chi connectivity index (χ0n) is 13.2. The molecule has 0 fully saturated rings. The van der Waals surface area contributed by atoms with Crippen LogP contribution in [0.15, 0.2) is 36.4 Å². The van der Waals surface area contributed by atoms with Crippen LogP contribution in [0.25, 0.3) is 0 Å². The van der Waals surface area contributed by atoms with E-state index in [9.17, 15) is 9.18 Å². The molecule has 0 saturated heterocycles. The standard InChI is InChI=1S/C16H14BrFO2.C2H3N/c1-10-7-14(8-11(2)16(10)15(19)9-17)20-13-5-3-12(18)4-6-13;1-2-3/h3-8H,9H2,1-2H3;1H3. The fraction of sp³-hybridized carbons (Fsp3) is 0.222. The van der Waals surface area contributed by atoms with Crippen LogP contribution in [-0.4, -0.2) is 11.1 Å². The van der Waals surface area contributed by atoms with Crippen molar-refractivity contribution in [3.63, 3.8) is 0 Å². The molecular formula is C18H17BrFNO2. The van der Waals surface area contributed by atoms with Crippen molar-refractivity contribution in [2.45, 2.75) is 20.8 Å². The van der Waals surface area contributed by atoms with Crippen molar-refractivity contribution in [2.75, 3.05) is 5.33 Å². The fourth-order valence-electron chi connectivity index (χ4n) is 2.13. The second-order valence-electron chi connectivity index (χ2n) is 4.77. The van der Waals surface area contributed by atoms with Crippen molar-refractivity contribution in [1.29, 1.82) is 5.26 Å². The number of hydrogen-bond donors (Lipinski definition) is 0. The van der Waals surface area contributed by atoms with Gasteiger partial charge in [0.2, 0.25) is 0 Å². The van der Waals surface area contributed by atoms with Gasteiger partial charge in [-0.05, 0) is 61.4 Å². The molecule has 0 radical (unpaired) electrons. The van der Waals surface area contributed by atoms with Crippen LogP contribution in [0.4, 0.5) is 4.39 Å². The SMILES string of the molecule is CC#N.Cc1cc(Oc2ccc(F)cc2)cc(C)c1C(=O)CBr. The van der Waals surface area contributed by atoms with E-state index in [1.807, 2.05) is 26.0 Å². The summed E-state index contributed by atoms with van der Waals surface area (Å²) in [6, 6.07) is 11.2. The van der Waals surface area contributed by atoms with Crippen LogP contribution in [0, 0.1) is 31.0 Å². The molecule has 0 atom stereocenters. The largest absolute Gasteiger partial charge is 0.457 e. The molecule has 5 heteroatoms. The Labute approximate surface area is 143 Å². The van der Waals surface area contributed by atoms with Gasteiger partial charge in [-0.3, -0.25) is 4.79 Å². The van der Waals surface area contributed by atoms with Gasteiger partial charge in [-0.2, -0.15) is 5.26 Å². The lowest BCUT2D eigenvalue weighted by Gasteiger charge is -2.12.